The molecule has 0 bridgehead atoms. The zero-order chi connectivity index (χ0) is 46.9. The summed E-state index contributed by atoms with van der Waals surface area (Å²) >= 11 is 0. The second-order valence-electron chi connectivity index (χ2n) is 22.0. The van der Waals surface area contributed by atoms with E-state index in [1.807, 2.05) is 27.7 Å². The topological polar surface area (TPSA) is 114 Å². The van der Waals surface area contributed by atoms with E-state index in [1.54, 1.807) is 0 Å². The number of hydrogen-bond acceptors (Lipinski definition) is 12. The zero-order valence-corrected chi connectivity index (χ0v) is 43.4. The molecule has 0 saturated carbocycles. The van der Waals surface area contributed by atoms with Crippen molar-refractivity contribution in [1.29, 1.82) is 0 Å². The van der Waals surface area contributed by atoms with Crippen molar-refractivity contribution in [3.63, 3.8) is 0 Å². The van der Waals surface area contributed by atoms with E-state index >= 15 is 0 Å². The van der Waals surface area contributed by atoms with Gasteiger partial charge in [-0.2, -0.15) is 0 Å². The van der Waals surface area contributed by atoms with Crippen molar-refractivity contribution >= 4 is 0 Å². The fourth-order valence-electron chi connectivity index (χ4n) is 6.78. The Labute approximate surface area is 381 Å². The van der Waals surface area contributed by atoms with Gasteiger partial charge in [-0.05, 0) is 188 Å². The first-order chi connectivity index (χ1) is 28.7. The molecule has 0 aromatic carbocycles. The maximum atomic E-state index is 5.53. The van der Waals surface area contributed by atoms with Crippen LogP contribution in [0.1, 0.15) is 181 Å². The SMILES string of the molecule is CC1(C)CCCCO1.CC1(C)CCCCO1.CC1(C)CCCO1.CC1(C)CCNCCO1.CC1(C)CCO1.CC1(C)CCOCCO1.CC1(C)COCCO1.CC1(C)OCCO1. The number of hydrogen-bond donors (Lipinski definition) is 1. The van der Waals surface area contributed by atoms with Crippen molar-refractivity contribution in [2.45, 2.75) is 226 Å². The van der Waals surface area contributed by atoms with Gasteiger partial charge in [0, 0.05) is 33.0 Å². The van der Waals surface area contributed by atoms with Gasteiger partial charge in [0.2, 0.25) is 0 Å². The Morgan fingerprint density at radius 1 is 0.258 bits per heavy atom. The summed E-state index contributed by atoms with van der Waals surface area (Å²) in [5.74, 6) is -0.306. The van der Waals surface area contributed by atoms with E-state index in [0.717, 1.165) is 112 Å². The van der Waals surface area contributed by atoms with Crippen LogP contribution >= 0.6 is 0 Å². The molecular formula is C50H101NO11. The van der Waals surface area contributed by atoms with Gasteiger partial charge in [-0.1, -0.05) is 0 Å². The van der Waals surface area contributed by atoms with Crippen LogP contribution < -0.4 is 5.32 Å². The van der Waals surface area contributed by atoms with Gasteiger partial charge in [0.05, 0.1) is 98.7 Å². The molecule has 0 atom stereocenters. The fourth-order valence-corrected chi connectivity index (χ4v) is 6.78. The largest absolute Gasteiger partial charge is 0.379 e. The molecule has 12 heteroatoms. The fraction of sp³-hybridized carbons (Fsp3) is 1.00. The van der Waals surface area contributed by atoms with Crippen LogP contribution in [0.25, 0.3) is 0 Å². The first-order valence-corrected chi connectivity index (χ1v) is 24.3. The molecule has 8 rings (SSSR count). The molecule has 1 N–H and O–H groups in total. The Morgan fingerprint density at radius 3 is 0.952 bits per heavy atom. The van der Waals surface area contributed by atoms with Crippen molar-refractivity contribution in [2.24, 2.45) is 0 Å². The highest BCUT2D eigenvalue weighted by Gasteiger charge is 2.27. The van der Waals surface area contributed by atoms with E-state index in [2.05, 4.69) is 88.4 Å². The van der Waals surface area contributed by atoms with Gasteiger partial charge in [-0.15, -0.1) is 0 Å². The van der Waals surface area contributed by atoms with Gasteiger partial charge >= 0.3 is 0 Å². The van der Waals surface area contributed by atoms with Crippen molar-refractivity contribution in [3.8, 4) is 0 Å². The minimum absolute atomic E-state index is 0.0382. The molecule has 8 aliphatic rings. The van der Waals surface area contributed by atoms with Crippen LogP contribution in [0, 0.1) is 0 Å². The van der Waals surface area contributed by atoms with Crippen molar-refractivity contribution in [3.05, 3.63) is 0 Å². The molecule has 8 aliphatic heterocycles. The predicted molar refractivity (Wildman–Crippen MR) is 251 cm³/mol. The van der Waals surface area contributed by atoms with Crippen molar-refractivity contribution < 1.29 is 52.1 Å². The predicted octanol–water partition coefficient (Wildman–Crippen LogP) is 10.2. The molecule has 0 aromatic rings. The van der Waals surface area contributed by atoms with Gasteiger partial charge in [-0.25, -0.2) is 0 Å². The average molecular weight is 892 g/mol. The molecule has 62 heavy (non-hydrogen) atoms. The molecule has 8 fully saturated rings. The van der Waals surface area contributed by atoms with Gasteiger partial charge in [0.25, 0.3) is 0 Å². The Morgan fingerprint density at radius 2 is 0.629 bits per heavy atom. The molecule has 12 nitrogen and oxygen atoms in total. The summed E-state index contributed by atoms with van der Waals surface area (Å²) in [6, 6.07) is 0. The van der Waals surface area contributed by atoms with Gasteiger partial charge in [0.15, 0.2) is 5.79 Å². The molecule has 0 unspecified atom stereocenters. The van der Waals surface area contributed by atoms with E-state index in [1.165, 1.54) is 57.8 Å². The second-order valence-corrected chi connectivity index (χ2v) is 22.0. The minimum atomic E-state index is -0.306. The highest BCUT2D eigenvalue weighted by Crippen LogP contribution is 2.25. The van der Waals surface area contributed by atoms with Gasteiger partial charge in [-0.3, -0.25) is 0 Å². The summed E-state index contributed by atoms with van der Waals surface area (Å²) < 4.78 is 58.3. The molecule has 0 radical (unpaired) electrons. The average Bonchev–Trinajstić information content (AvgIpc) is 3.62. The summed E-state index contributed by atoms with van der Waals surface area (Å²) in [7, 11) is 0. The molecule has 0 aromatic heterocycles. The third-order valence-corrected chi connectivity index (χ3v) is 11.3. The Balaban J connectivity index is 0.000000355. The number of rotatable bonds is 0. The lowest BCUT2D eigenvalue weighted by molar-refractivity contribution is -0.137. The molecule has 8 saturated heterocycles. The van der Waals surface area contributed by atoms with Crippen molar-refractivity contribution in [1.82, 2.24) is 5.32 Å². The van der Waals surface area contributed by atoms with Crippen LogP contribution in [-0.2, 0) is 52.1 Å². The molecule has 0 aliphatic carbocycles. The lowest BCUT2D eigenvalue weighted by Gasteiger charge is -2.34. The Kier molecular flexibility index (Phi) is 28.2. The summed E-state index contributed by atoms with van der Waals surface area (Å²) in [6.45, 7) is 46.4. The molecule has 372 valence electrons. The third kappa shape index (κ3) is 33.9. The summed E-state index contributed by atoms with van der Waals surface area (Å²) in [6.07, 6.45) is 13.5. The minimum Gasteiger partial charge on any atom is -0.379 e. The van der Waals surface area contributed by atoms with Crippen LogP contribution in [0.4, 0.5) is 0 Å². The van der Waals surface area contributed by atoms with Crippen LogP contribution in [0.3, 0.4) is 0 Å². The lowest BCUT2D eigenvalue weighted by Crippen LogP contribution is -2.37. The molecule has 0 amide bonds. The van der Waals surface area contributed by atoms with E-state index in [4.69, 9.17) is 52.1 Å². The first-order valence-electron chi connectivity index (χ1n) is 24.3. The number of nitrogens with one attached hydrogen (secondary N) is 1. The Hall–Kier alpha value is -0.480. The maximum absolute atomic E-state index is 5.53. The Bertz CT molecular complexity index is 960. The molecule has 0 spiro atoms. The van der Waals surface area contributed by atoms with Crippen molar-refractivity contribution in [2.75, 3.05) is 99.0 Å². The first kappa shape index (κ1) is 59.5. The smallest absolute Gasteiger partial charge is 0.162 e. The summed E-state index contributed by atoms with van der Waals surface area (Å²) in [5.41, 5.74) is 0.870. The third-order valence-electron chi connectivity index (χ3n) is 11.3. The van der Waals surface area contributed by atoms with E-state index in [-0.39, 0.29) is 45.0 Å². The van der Waals surface area contributed by atoms with Crippen LogP contribution in [0.5, 0.6) is 0 Å². The molecular weight excluding hydrogens is 791 g/mol. The van der Waals surface area contributed by atoms with E-state index in [0.29, 0.717) is 0 Å². The van der Waals surface area contributed by atoms with Crippen LogP contribution in [0.15, 0.2) is 0 Å². The summed E-state index contributed by atoms with van der Waals surface area (Å²) in [4.78, 5) is 0. The molecule has 8 heterocycles. The number of ether oxygens (including phenoxy) is 11. The van der Waals surface area contributed by atoms with Gasteiger partial charge < -0.3 is 57.4 Å². The van der Waals surface area contributed by atoms with Gasteiger partial charge in [0.1, 0.15) is 0 Å². The lowest BCUT2D eigenvalue weighted by atomic mass is 9.99. The monoisotopic (exact) mass is 892 g/mol. The quantitative estimate of drug-likeness (QED) is 0.250. The van der Waals surface area contributed by atoms with Crippen LogP contribution in [0.2, 0.25) is 0 Å². The second kappa shape index (κ2) is 29.3. The normalized spacial score (nSPS) is 27.9. The summed E-state index contributed by atoms with van der Waals surface area (Å²) in [5, 5.41) is 3.28. The van der Waals surface area contributed by atoms with Crippen LogP contribution in [-0.4, -0.2) is 144 Å². The zero-order valence-electron chi connectivity index (χ0n) is 43.4. The standard InChI is InChI=1S/C7H15NO.C7H14O2.2C7H14O.C6H12O2.C6H12O.C5H10O2.C5H10O/c2*1-7(2)3-4-8-5-6-9-7;2*1-7(2)5-3-4-6-8-7;1-6(2)5-7-3-4-8-6;1-6(2)4-3-5-7-6;1-5(2)6-3-4-7-5;1-5(2)3-4-6-5/h8H,3-6H2,1-2H3;3-6H2,1-2H3;2*3-6H2,1-2H3;3-5H2,1-2H3;3-5H2,1-2H3;3-4H2,1-2H3;3-4H2,1-2H3. The van der Waals surface area contributed by atoms with E-state index < -0.39 is 0 Å². The maximum Gasteiger partial charge on any atom is 0.162 e. The van der Waals surface area contributed by atoms with E-state index in [9.17, 15) is 0 Å². The highest BCUT2D eigenvalue weighted by atomic mass is 16.7. The highest BCUT2D eigenvalue weighted by molar-refractivity contribution is 4.76.